The van der Waals surface area contributed by atoms with Crippen molar-refractivity contribution in [3.8, 4) is 0 Å². The van der Waals surface area contributed by atoms with Gasteiger partial charge in [-0.05, 0) is 32.9 Å². The maximum Gasteiger partial charge on any atom is 0.410 e. The molecule has 3 saturated heterocycles. The molecular formula is C31H39N9O5. The molecule has 0 spiro atoms. The number of nitrogens with one attached hydrogen (secondary N) is 1. The van der Waals surface area contributed by atoms with Gasteiger partial charge in [0, 0.05) is 82.2 Å². The topological polar surface area (TPSA) is 165 Å². The van der Waals surface area contributed by atoms with Crippen LogP contribution in [0.5, 0.6) is 0 Å². The number of likely N-dealkylation sites (tertiary alicyclic amines) is 1. The summed E-state index contributed by atoms with van der Waals surface area (Å²) < 4.78 is 17.2. The summed E-state index contributed by atoms with van der Waals surface area (Å²) in [5.74, 6) is 0.907. The highest BCUT2D eigenvalue weighted by molar-refractivity contribution is 6.10. The van der Waals surface area contributed by atoms with E-state index in [-0.39, 0.29) is 23.8 Å². The van der Waals surface area contributed by atoms with Gasteiger partial charge >= 0.3 is 6.09 Å². The van der Waals surface area contributed by atoms with Crippen molar-refractivity contribution in [1.29, 1.82) is 0 Å². The van der Waals surface area contributed by atoms with Gasteiger partial charge in [0.05, 0.1) is 24.5 Å². The Bertz CT molecular complexity index is 1630. The summed E-state index contributed by atoms with van der Waals surface area (Å²) in [5, 5.41) is 2.92. The second-order valence-electron chi connectivity index (χ2n) is 12.5. The Balaban J connectivity index is 1.28. The van der Waals surface area contributed by atoms with Crippen LogP contribution in [-0.4, -0.2) is 103 Å². The molecular weight excluding hydrogens is 578 g/mol. The first-order valence-electron chi connectivity index (χ1n) is 15.1. The number of pyridine rings is 2. The van der Waals surface area contributed by atoms with Gasteiger partial charge in [-0.3, -0.25) is 9.79 Å². The first-order chi connectivity index (χ1) is 21.6. The highest BCUT2D eigenvalue weighted by atomic mass is 16.6. The summed E-state index contributed by atoms with van der Waals surface area (Å²) in [6.07, 6.45) is 2.73. The Morgan fingerprint density at radius 1 is 1.07 bits per heavy atom. The van der Waals surface area contributed by atoms with Crippen LogP contribution in [0.15, 0.2) is 39.9 Å². The highest BCUT2D eigenvalue weighted by Crippen LogP contribution is 2.37. The number of fused-ring (bicyclic) bond motifs is 2. The fraction of sp³-hybridized carbons (Fsp3) is 0.484. The number of hydrogen-bond acceptors (Lipinski definition) is 12. The summed E-state index contributed by atoms with van der Waals surface area (Å²) in [7, 11) is 1.65. The number of morpholine rings is 1. The van der Waals surface area contributed by atoms with E-state index in [1.807, 2.05) is 25.7 Å². The number of rotatable bonds is 6. The minimum Gasteiger partial charge on any atom is -0.444 e. The first kappa shape index (κ1) is 30.3. The van der Waals surface area contributed by atoms with Crippen LogP contribution in [0.1, 0.15) is 36.8 Å². The van der Waals surface area contributed by atoms with Crippen LogP contribution in [0, 0.1) is 11.8 Å². The number of ether oxygens (including phenoxy) is 2. The molecule has 0 bridgehead atoms. The average Bonchev–Trinajstić information content (AvgIpc) is 3.72. The molecule has 6 rings (SSSR count). The van der Waals surface area contributed by atoms with Crippen molar-refractivity contribution in [2.75, 3.05) is 74.6 Å². The van der Waals surface area contributed by atoms with Crippen LogP contribution < -0.4 is 20.9 Å². The van der Waals surface area contributed by atoms with Gasteiger partial charge in [0.1, 0.15) is 17.2 Å². The average molecular weight is 618 g/mol. The van der Waals surface area contributed by atoms with Crippen molar-refractivity contribution in [2.24, 2.45) is 22.6 Å². The molecule has 14 heteroatoms. The monoisotopic (exact) mass is 617 g/mol. The molecule has 3 fully saturated rings. The SMILES string of the molecule is CN=CC(=CN)c1cccc(NC(=O)c2cc3oc(N4CCOCC4)nc3nc2N2CC3CN(C(=O)OC(C)(C)C)CC3C2)n1. The van der Waals surface area contributed by atoms with Crippen LogP contribution in [0.4, 0.5) is 22.4 Å². The summed E-state index contributed by atoms with van der Waals surface area (Å²) >= 11 is 0. The fourth-order valence-corrected chi connectivity index (χ4v) is 5.96. The molecule has 6 heterocycles. The highest BCUT2D eigenvalue weighted by Gasteiger charge is 2.44. The van der Waals surface area contributed by atoms with Crippen LogP contribution in [0.2, 0.25) is 0 Å². The van der Waals surface area contributed by atoms with Crippen molar-refractivity contribution in [2.45, 2.75) is 26.4 Å². The van der Waals surface area contributed by atoms with E-state index in [2.05, 4.69) is 25.2 Å². The van der Waals surface area contributed by atoms with E-state index in [0.29, 0.717) is 98.2 Å². The predicted molar refractivity (Wildman–Crippen MR) is 171 cm³/mol. The third kappa shape index (κ3) is 6.55. The number of hydrogen-bond donors (Lipinski definition) is 2. The van der Waals surface area contributed by atoms with Gasteiger partial charge in [0.25, 0.3) is 11.9 Å². The van der Waals surface area contributed by atoms with E-state index < -0.39 is 5.60 Å². The number of amides is 2. The zero-order valence-corrected chi connectivity index (χ0v) is 26.0. The molecule has 3 N–H and O–H groups in total. The summed E-state index contributed by atoms with van der Waals surface area (Å²) in [6, 6.07) is 7.44. The Hall–Kier alpha value is -4.72. The van der Waals surface area contributed by atoms with E-state index in [1.165, 1.54) is 6.20 Å². The van der Waals surface area contributed by atoms with Gasteiger partial charge in [0.15, 0.2) is 5.58 Å². The number of nitrogens with zero attached hydrogens (tertiary/aromatic N) is 7. The molecule has 2 unspecified atom stereocenters. The number of aliphatic imine (C=N–C) groups is 1. The lowest BCUT2D eigenvalue weighted by Gasteiger charge is -2.26. The maximum absolute atomic E-state index is 13.9. The van der Waals surface area contributed by atoms with Crippen LogP contribution >= 0.6 is 0 Å². The van der Waals surface area contributed by atoms with E-state index in [0.717, 1.165) is 0 Å². The second-order valence-corrected chi connectivity index (χ2v) is 12.5. The molecule has 2 atom stereocenters. The van der Waals surface area contributed by atoms with Crippen LogP contribution in [-0.2, 0) is 9.47 Å². The van der Waals surface area contributed by atoms with Gasteiger partial charge in [-0.25, -0.2) is 14.8 Å². The minimum absolute atomic E-state index is 0.215. The standard InChI is InChI=1S/C31H39N9O5/c1-31(2,3)45-30(42)40-17-20-15-39(16-21(20)18-40)27-22(12-24-26(36-27)37-29(44-24)38-8-10-43-11-9-38)28(41)35-25-7-5-6-23(34-25)19(13-32)14-33-4/h5-7,12-14,20-21H,8-11,15-18,32H2,1-4H3,(H,34,35,41). The molecule has 3 aromatic rings. The Labute approximate surface area is 261 Å². The second kappa shape index (κ2) is 12.3. The zero-order chi connectivity index (χ0) is 31.7. The molecule has 3 aliphatic heterocycles. The van der Waals surface area contributed by atoms with Gasteiger partial charge in [-0.2, -0.15) is 4.98 Å². The summed E-state index contributed by atoms with van der Waals surface area (Å²) in [4.78, 5) is 50.7. The van der Waals surface area contributed by atoms with Crippen molar-refractivity contribution >= 4 is 52.7 Å². The Morgan fingerprint density at radius 2 is 1.80 bits per heavy atom. The lowest BCUT2D eigenvalue weighted by molar-refractivity contribution is 0.0282. The Kier molecular flexibility index (Phi) is 8.32. The molecule has 0 aromatic carbocycles. The molecule has 2 amide bonds. The minimum atomic E-state index is -0.555. The largest absolute Gasteiger partial charge is 0.444 e. The normalized spacial score (nSPS) is 20.7. The lowest BCUT2D eigenvalue weighted by Crippen LogP contribution is -2.38. The predicted octanol–water partition coefficient (Wildman–Crippen LogP) is 3.01. The number of oxazole rings is 1. The van der Waals surface area contributed by atoms with E-state index >= 15 is 0 Å². The number of nitrogens with two attached hydrogens (primary N) is 1. The van der Waals surface area contributed by atoms with Crippen LogP contribution in [0.25, 0.3) is 16.8 Å². The van der Waals surface area contributed by atoms with Crippen molar-refractivity contribution in [3.05, 3.63) is 41.7 Å². The third-order valence-corrected chi connectivity index (χ3v) is 8.05. The van der Waals surface area contributed by atoms with E-state index in [1.54, 1.807) is 42.4 Å². The fourth-order valence-electron chi connectivity index (χ4n) is 5.96. The molecule has 3 aliphatic rings. The summed E-state index contributed by atoms with van der Waals surface area (Å²) in [5.41, 5.74) is 7.59. The van der Waals surface area contributed by atoms with E-state index in [9.17, 15) is 9.59 Å². The van der Waals surface area contributed by atoms with Crippen molar-refractivity contribution < 1.29 is 23.5 Å². The van der Waals surface area contributed by atoms with Gasteiger partial charge in [0.2, 0.25) is 5.65 Å². The maximum atomic E-state index is 13.9. The van der Waals surface area contributed by atoms with E-state index in [4.69, 9.17) is 24.6 Å². The zero-order valence-electron chi connectivity index (χ0n) is 26.0. The molecule has 14 nitrogen and oxygen atoms in total. The molecule has 0 saturated carbocycles. The molecule has 45 heavy (non-hydrogen) atoms. The van der Waals surface area contributed by atoms with Gasteiger partial charge in [-0.15, -0.1) is 0 Å². The molecule has 0 aliphatic carbocycles. The molecule has 3 aromatic heterocycles. The number of allylic oxidation sites excluding steroid dienone is 1. The quantitative estimate of drug-likeness (QED) is 0.391. The lowest BCUT2D eigenvalue weighted by atomic mass is 10.0. The van der Waals surface area contributed by atoms with Gasteiger partial charge < -0.3 is 39.6 Å². The van der Waals surface area contributed by atoms with Gasteiger partial charge in [-0.1, -0.05) is 6.07 Å². The van der Waals surface area contributed by atoms with Crippen LogP contribution in [0.3, 0.4) is 0 Å². The Morgan fingerprint density at radius 3 is 2.47 bits per heavy atom. The molecule has 238 valence electrons. The van der Waals surface area contributed by atoms with Crippen molar-refractivity contribution in [1.82, 2.24) is 19.9 Å². The first-order valence-corrected chi connectivity index (χ1v) is 15.1. The number of carbonyl (C=O) groups is 2. The summed E-state index contributed by atoms with van der Waals surface area (Å²) in [6.45, 7) is 10.5. The smallest absolute Gasteiger partial charge is 0.410 e. The van der Waals surface area contributed by atoms with Crippen molar-refractivity contribution in [3.63, 3.8) is 0 Å². The third-order valence-electron chi connectivity index (χ3n) is 8.05. The molecule has 0 radical (unpaired) electrons. The number of anilines is 3. The number of aromatic nitrogens is 3. The number of carbonyl (C=O) groups excluding carboxylic acids is 2.